The van der Waals surface area contributed by atoms with Crippen LogP contribution in [-0.4, -0.2) is 30.4 Å². The van der Waals surface area contributed by atoms with Crippen LogP contribution < -0.4 is 5.32 Å². The van der Waals surface area contributed by atoms with Crippen LogP contribution in [0.1, 0.15) is 31.7 Å². The maximum absolute atomic E-state index is 9.62. The van der Waals surface area contributed by atoms with Gasteiger partial charge in [-0.1, -0.05) is 12.1 Å². The molecule has 3 heteroatoms. The zero-order valence-corrected chi connectivity index (χ0v) is 11.6. The van der Waals surface area contributed by atoms with Gasteiger partial charge in [0.05, 0.1) is 6.10 Å². The highest BCUT2D eigenvalue weighted by Gasteiger charge is 2.42. The number of benzene rings is 1. The lowest BCUT2D eigenvalue weighted by molar-refractivity contribution is 0.0628. The van der Waals surface area contributed by atoms with Crippen molar-refractivity contribution in [2.24, 2.45) is 5.41 Å². The Hall–Kier alpha value is -1.06. The number of nitrogens with one attached hydrogen (secondary N) is 1. The van der Waals surface area contributed by atoms with E-state index in [0.29, 0.717) is 5.75 Å². The van der Waals surface area contributed by atoms with Crippen LogP contribution >= 0.6 is 0 Å². The maximum Gasteiger partial charge on any atom is 0.115 e. The molecule has 1 saturated carbocycles. The summed E-state index contributed by atoms with van der Waals surface area (Å²) in [5.41, 5.74) is 1.38. The predicted octanol–water partition coefficient (Wildman–Crippen LogP) is 2.48. The van der Waals surface area contributed by atoms with Crippen molar-refractivity contribution in [2.45, 2.75) is 44.8 Å². The molecule has 2 atom stereocenters. The topological polar surface area (TPSA) is 41.5 Å². The Bertz CT molecular complexity index is 444. The van der Waals surface area contributed by atoms with Gasteiger partial charge in [0.2, 0.25) is 0 Å². The third-order valence-corrected chi connectivity index (χ3v) is 4.62. The van der Waals surface area contributed by atoms with Crippen LogP contribution in [0.15, 0.2) is 24.3 Å². The summed E-state index contributed by atoms with van der Waals surface area (Å²) in [5, 5.41) is 13.3. The molecule has 1 aromatic rings. The molecule has 0 bridgehead atoms. The Kier molecular flexibility index (Phi) is 3.50. The van der Waals surface area contributed by atoms with Gasteiger partial charge in [0, 0.05) is 24.6 Å². The second kappa shape index (κ2) is 5.14. The van der Waals surface area contributed by atoms with Crippen LogP contribution in [0.3, 0.4) is 0 Å². The molecule has 0 radical (unpaired) electrons. The number of ether oxygens (including phenoxy) is 1. The monoisotopic (exact) mass is 261 g/mol. The average molecular weight is 261 g/mol. The highest BCUT2D eigenvalue weighted by molar-refractivity contribution is 5.28. The second-order valence-electron chi connectivity index (χ2n) is 6.13. The van der Waals surface area contributed by atoms with E-state index in [1.165, 1.54) is 18.4 Å². The standard InChI is InChI=1S/C16H23NO2/c1-12-16(7-8-19-12,11-17-14-5-6-14)10-13-3-2-4-15(18)9-13/h2-4,9,12,14,17-18H,5-8,10-11H2,1H3. The third kappa shape index (κ3) is 2.93. The normalized spacial score (nSPS) is 30.7. The fourth-order valence-corrected chi connectivity index (χ4v) is 3.05. The highest BCUT2D eigenvalue weighted by atomic mass is 16.5. The van der Waals surface area contributed by atoms with Gasteiger partial charge in [-0.05, 0) is 50.3 Å². The Morgan fingerprint density at radius 1 is 1.42 bits per heavy atom. The lowest BCUT2D eigenvalue weighted by atomic mass is 9.76. The zero-order chi connectivity index (χ0) is 13.3. The molecule has 3 nitrogen and oxygen atoms in total. The summed E-state index contributed by atoms with van der Waals surface area (Å²) in [4.78, 5) is 0. The molecule has 2 N–H and O–H groups in total. The maximum atomic E-state index is 9.62. The van der Waals surface area contributed by atoms with Gasteiger partial charge in [-0.15, -0.1) is 0 Å². The summed E-state index contributed by atoms with van der Waals surface area (Å²) < 4.78 is 5.82. The van der Waals surface area contributed by atoms with Crippen LogP contribution in [0, 0.1) is 5.41 Å². The molecule has 0 amide bonds. The predicted molar refractivity (Wildman–Crippen MR) is 75.3 cm³/mol. The summed E-state index contributed by atoms with van der Waals surface area (Å²) in [6.07, 6.45) is 4.99. The summed E-state index contributed by atoms with van der Waals surface area (Å²) in [5.74, 6) is 0.356. The van der Waals surface area contributed by atoms with Crippen molar-refractivity contribution in [2.75, 3.05) is 13.2 Å². The molecule has 1 saturated heterocycles. The molecule has 2 fully saturated rings. The molecule has 1 aliphatic carbocycles. The molecule has 0 spiro atoms. The number of phenolic OH excluding ortho intramolecular Hbond substituents is 1. The van der Waals surface area contributed by atoms with Gasteiger partial charge < -0.3 is 15.2 Å². The van der Waals surface area contributed by atoms with Crippen LogP contribution in [0.2, 0.25) is 0 Å². The molecule has 1 aliphatic heterocycles. The van der Waals surface area contributed by atoms with E-state index in [1.807, 2.05) is 12.1 Å². The fourth-order valence-electron chi connectivity index (χ4n) is 3.05. The molecule has 19 heavy (non-hydrogen) atoms. The Morgan fingerprint density at radius 2 is 2.26 bits per heavy atom. The molecule has 3 rings (SSSR count). The first-order valence-corrected chi connectivity index (χ1v) is 7.31. The van der Waals surface area contributed by atoms with Crippen LogP contribution in [0.5, 0.6) is 5.75 Å². The first-order chi connectivity index (χ1) is 9.18. The summed E-state index contributed by atoms with van der Waals surface area (Å²) >= 11 is 0. The molecule has 104 valence electrons. The van der Waals surface area contributed by atoms with Gasteiger partial charge in [0.25, 0.3) is 0 Å². The van der Waals surface area contributed by atoms with E-state index in [4.69, 9.17) is 4.74 Å². The smallest absolute Gasteiger partial charge is 0.115 e. The highest BCUT2D eigenvalue weighted by Crippen LogP contribution is 2.39. The van der Waals surface area contributed by atoms with E-state index in [9.17, 15) is 5.11 Å². The summed E-state index contributed by atoms with van der Waals surface area (Å²) in [7, 11) is 0. The van der Waals surface area contributed by atoms with E-state index < -0.39 is 0 Å². The number of phenols is 1. The number of hydrogen-bond donors (Lipinski definition) is 2. The summed E-state index contributed by atoms with van der Waals surface area (Å²) in [6, 6.07) is 8.36. The Balaban J connectivity index is 1.74. The van der Waals surface area contributed by atoms with Gasteiger partial charge in [-0.25, -0.2) is 0 Å². The van der Waals surface area contributed by atoms with E-state index in [1.54, 1.807) is 6.07 Å². The minimum atomic E-state index is 0.177. The minimum absolute atomic E-state index is 0.177. The SMILES string of the molecule is CC1OCCC1(CNC1CC1)Cc1cccc(O)c1. The first kappa shape index (κ1) is 12.9. The van der Waals surface area contributed by atoms with Crippen molar-refractivity contribution in [1.29, 1.82) is 0 Å². The third-order valence-electron chi connectivity index (χ3n) is 4.62. The van der Waals surface area contributed by atoms with Crippen LogP contribution in [0.4, 0.5) is 0 Å². The van der Waals surface area contributed by atoms with Gasteiger partial charge in [0.1, 0.15) is 5.75 Å². The van der Waals surface area contributed by atoms with Crippen LogP contribution in [-0.2, 0) is 11.2 Å². The lowest BCUT2D eigenvalue weighted by Gasteiger charge is -2.33. The molecular formula is C16H23NO2. The fraction of sp³-hybridized carbons (Fsp3) is 0.625. The summed E-state index contributed by atoms with van der Waals surface area (Å²) in [6.45, 7) is 4.06. The molecule has 1 aromatic carbocycles. The zero-order valence-electron chi connectivity index (χ0n) is 11.6. The molecule has 1 heterocycles. The average Bonchev–Trinajstić information content (AvgIpc) is 3.14. The number of hydrogen-bond acceptors (Lipinski definition) is 3. The molecule has 2 unspecified atom stereocenters. The van der Waals surface area contributed by atoms with Crippen molar-refractivity contribution < 1.29 is 9.84 Å². The number of rotatable bonds is 5. The van der Waals surface area contributed by atoms with Gasteiger partial charge in [-0.2, -0.15) is 0 Å². The van der Waals surface area contributed by atoms with E-state index >= 15 is 0 Å². The van der Waals surface area contributed by atoms with Gasteiger partial charge in [0.15, 0.2) is 0 Å². The first-order valence-electron chi connectivity index (χ1n) is 7.31. The van der Waals surface area contributed by atoms with Crippen molar-refractivity contribution in [3.8, 4) is 5.75 Å². The van der Waals surface area contributed by atoms with E-state index in [2.05, 4.69) is 18.3 Å². The quantitative estimate of drug-likeness (QED) is 0.855. The largest absolute Gasteiger partial charge is 0.508 e. The lowest BCUT2D eigenvalue weighted by Crippen LogP contribution is -2.42. The number of aromatic hydroxyl groups is 1. The van der Waals surface area contributed by atoms with Crippen molar-refractivity contribution in [1.82, 2.24) is 5.32 Å². The van der Waals surface area contributed by atoms with Gasteiger partial charge in [-0.3, -0.25) is 0 Å². The Morgan fingerprint density at radius 3 is 2.89 bits per heavy atom. The van der Waals surface area contributed by atoms with Crippen LogP contribution in [0.25, 0.3) is 0 Å². The van der Waals surface area contributed by atoms with Crippen molar-refractivity contribution >= 4 is 0 Å². The minimum Gasteiger partial charge on any atom is -0.508 e. The molecule has 2 aliphatic rings. The second-order valence-corrected chi connectivity index (χ2v) is 6.13. The van der Waals surface area contributed by atoms with Gasteiger partial charge >= 0.3 is 0 Å². The molecular weight excluding hydrogens is 238 g/mol. The van der Waals surface area contributed by atoms with Crippen molar-refractivity contribution in [3.63, 3.8) is 0 Å². The van der Waals surface area contributed by atoms with E-state index in [-0.39, 0.29) is 11.5 Å². The van der Waals surface area contributed by atoms with E-state index in [0.717, 1.165) is 32.0 Å². The Labute approximate surface area is 115 Å². The van der Waals surface area contributed by atoms with Crippen molar-refractivity contribution in [3.05, 3.63) is 29.8 Å². The molecule has 0 aromatic heterocycles.